The maximum atomic E-state index is 10.2. The third-order valence-corrected chi connectivity index (χ3v) is 1.05. The fraction of sp³-hybridized carbons (Fsp3) is 0.400. The molecule has 0 aliphatic heterocycles. The molecule has 0 aromatic heterocycles. The molecular formula is C5H7ClO. The van der Waals surface area contributed by atoms with Gasteiger partial charge < -0.3 is 0 Å². The van der Waals surface area contributed by atoms with Gasteiger partial charge in [-0.05, 0) is 13.8 Å². The standard InChI is InChI=1S/C5H7ClO/c1-4(3-6)5(2)7/h3H,1-2H3. The summed E-state index contributed by atoms with van der Waals surface area (Å²) in [6.45, 7) is 3.16. The number of halogens is 1. The Morgan fingerprint density at radius 2 is 2.00 bits per heavy atom. The Hall–Kier alpha value is -0.300. The van der Waals surface area contributed by atoms with E-state index in [2.05, 4.69) is 0 Å². The molecule has 0 atom stereocenters. The molecule has 0 fully saturated rings. The van der Waals surface area contributed by atoms with Crippen LogP contribution in [-0.2, 0) is 4.79 Å². The van der Waals surface area contributed by atoms with E-state index in [1.807, 2.05) is 0 Å². The first-order valence-electron chi connectivity index (χ1n) is 1.96. The monoisotopic (exact) mass is 118 g/mol. The fourth-order valence-corrected chi connectivity index (χ4v) is 0.230. The van der Waals surface area contributed by atoms with Crippen LogP contribution in [0.1, 0.15) is 13.8 Å². The summed E-state index contributed by atoms with van der Waals surface area (Å²) in [5.74, 6) is 0.0231. The van der Waals surface area contributed by atoms with Gasteiger partial charge in [0.15, 0.2) is 5.78 Å². The van der Waals surface area contributed by atoms with Crippen LogP contribution in [0.2, 0.25) is 0 Å². The van der Waals surface area contributed by atoms with Crippen molar-refractivity contribution in [2.75, 3.05) is 0 Å². The van der Waals surface area contributed by atoms with Crippen LogP contribution in [0.4, 0.5) is 0 Å². The number of hydrogen-bond acceptors (Lipinski definition) is 1. The van der Waals surface area contributed by atoms with E-state index in [0.29, 0.717) is 5.57 Å². The van der Waals surface area contributed by atoms with Crippen LogP contribution >= 0.6 is 11.6 Å². The number of hydrogen-bond donors (Lipinski definition) is 0. The van der Waals surface area contributed by atoms with Gasteiger partial charge in [-0.2, -0.15) is 0 Å². The van der Waals surface area contributed by atoms with E-state index in [0.717, 1.165) is 0 Å². The van der Waals surface area contributed by atoms with E-state index < -0.39 is 0 Å². The summed E-state index contributed by atoms with van der Waals surface area (Å²) in [5, 5.41) is 0. The number of carbonyl (C=O) groups excluding carboxylic acids is 1. The first kappa shape index (κ1) is 6.70. The summed E-state index contributed by atoms with van der Waals surface area (Å²) >= 11 is 5.16. The molecule has 7 heavy (non-hydrogen) atoms. The summed E-state index contributed by atoms with van der Waals surface area (Å²) < 4.78 is 0. The lowest BCUT2D eigenvalue weighted by Crippen LogP contribution is -1.87. The molecular weight excluding hydrogens is 112 g/mol. The van der Waals surface area contributed by atoms with Crippen molar-refractivity contribution in [3.63, 3.8) is 0 Å². The molecule has 0 saturated heterocycles. The molecule has 0 amide bonds. The minimum atomic E-state index is 0.0231. The van der Waals surface area contributed by atoms with Gasteiger partial charge in [-0.15, -0.1) is 0 Å². The van der Waals surface area contributed by atoms with E-state index >= 15 is 0 Å². The lowest BCUT2D eigenvalue weighted by atomic mass is 10.3. The highest BCUT2D eigenvalue weighted by Crippen LogP contribution is 1.94. The maximum absolute atomic E-state index is 10.2. The van der Waals surface area contributed by atoms with Crippen molar-refractivity contribution in [2.24, 2.45) is 0 Å². The molecule has 0 aliphatic carbocycles. The Labute approximate surface area is 48.0 Å². The predicted molar refractivity (Wildman–Crippen MR) is 30.3 cm³/mol. The van der Waals surface area contributed by atoms with Gasteiger partial charge in [0, 0.05) is 11.1 Å². The molecule has 0 spiro atoms. The second-order valence-electron chi connectivity index (χ2n) is 1.35. The van der Waals surface area contributed by atoms with Gasteiger partial charge in [0.05, 0.1) is 0 Å². The largest absolute Gasteiger partial charge is 0.295 e. The van der Waals surface area contributed by atoms with Crippen LogP contribution in [-0.4, -0.2) is 5.78 Å². The molecule has 0 aromatic rings. The van der Waals surface area contributed by atoms with Gasteiger partial charge in [0.2, 0.25) is 0 Å². The van der Waals surface area contributed by atoms with Crippen molar-refractivity contribution in [2.45, 2.75) is 13.8 Å². The lowest BCUT2D eigenvalue weighted by Gasteiger charge is -1.83. The third-order valence-electron chi connectivity index (χ3n) is 0.719. The number of ketones is 1. The third kappa shape index (κ3) is 2.40. The van der Waals surface area contributed by atoms with Crippen molar-refractivity contribution in [3.8, 4) is 0 Å². The topological polar surface area (TPSA) is 17.1 Å². The number of Topliss-reactive ketones (excluding diaryl/α,β-unsaturated/α-hetero) is 1. The summed E-state index contributed by atoms with van der Waals surface area (Å²) in [6, 6.07) is 0. The smallest absolute Gasteiger partial charge is 0.156 e. The van der Waals surface area contributed by atoms with Gasteiger partial charge in [0.25, 0.3) is 0 Å². The highest BCUT2D eigenvalue weighted by atomic mass is 35.5. The second kappa shape index (κ2) is 2.80. The fourth-order valence-electron chi connectivity index (χ4n) is 0.0768. The second-order valence-corrected chi connectivity index (χ2v) is 1.57. The number of rotatable bonds is 1. The van der Waals surface area contributed by atoms with Gasteiger partial charge >= 0.3 is 0 Å². The average Bonchev–Trinajstić information content (AvgIpc) is 1.65. The first-order valence-corrected chi connectivity index (χ1v) is 2.40. The minimum absolute atomic E-state index is 0.0231. The van der Waals surface area contributed by atoms with E-state index in [9.17, 15) is 4.79 Å². The SMILES string of the molecule is CC(=O)C(C)=CCl. The summed E-state index contributed by atoms with van der Waals surface area (Å²) in [6.07, 6.45) is 0. The molecule has 40 valence electrons. The van der Waals surface area contributed by atoms with Gasteiger partial charge in [-0.25, -0.2) is 0 Å². The molecule has 0 N–H and O–H groups in total. The van der Waals surface area contributed by atoms with Crippen molar-refractivity contribution < 1.29 is 4.79 Å². The van der Waals surface area contributed by atoms with Crippen molar-refractivity contribution in [1.82, 2.24) is 0 Å². The Morgan fingerprint density at radius 1 is 1.57 bits per heavy atom. The summed E-state index contributed by atoms with van der Waals surface area (Å²) in [4.78, 5) is 10.2. The van der Waals surface area contributed by atoms with E-state index in [1.165, 1.54) is 12.5 Å². The van der Waals surface area contributed by atoms with Crippen molar-refractivity contribution in [1.29, 1.82) is 0 Å². The van der Waals surface area contributed by atoms with Crippen molar-refractivity contribution in [3.05, 3.63) is 11.1 Å². The predicted octanol–water partition coefficient (Wildman–Crippen LogP) is 1.72. The molecule has 0 heterocycles. The molecule has 0 radical (unpaired) electrons. The van der Waals surface area contributed by atoms with Gasteiger partial charge in [0.1, 0.15) is 0 Å². The Bertz CT molecular complexity index is 105. The Morgan fingerprint density at radius 3 is 2.00 bits per heavy atom. The summed E-state index contributed by atoms with van der Waals surface area (Å²) in [5.41, 5.74) is 1.88. The first-order chi connectivity index (χ1) is 3.18. The van der Waals surface area contributed by atoms with Crippen molar-refractivity contribution >= 4 is 17.4 Å². The van der Waals surface area contributed by atoms with Gasteiger partial charge in [-0.1, -0.05) is 11.6 Å². The van der Waals surface area contributed by atoms with Crippen LogP contribution < -0.4 is 0 Å². The molecule has 0 rings (SSSR count). The lowest BCUT2D eigenvalue weighted by molar-refractivity contribution is -0.113. The van der Waals surface area contributed by atoms with Crippen LogP contribution in [0.5, 0.6) is 0 Å². The summed E-state index contributed by atoms with van der Waals surface area (Å²) in [7, 11) is 0. The van der Waals surface area contributed by atoms with Crippen LogP contribution in [0, 0.1) is 0 Å². The van der Waals surface area contributed by atoms with Crippen LogP contribution in [0.15, 0.2) is 11.1 Å². The quantitative estimate of drug-likeness (QED) is 0.479. The maximum Gasteiger partial charge on any atom is 0.156 e. The van der Waals surface area contributed by atoms with Gasteiger partial charge in [-0.3, -0.25) is 4.79 Å². The molecule has 0 bridgehead atoms. The Kier molecular flexibility index (Phi) is 2.68. The van der Waals surface area contributed by atoms with E-state index in [1.54, 1.807) is 6.92 Å². The minimum Gasteiger partial charge on any atom is -0.295 e. The zero-order chi connectivity index (χ0) is 5.86. The van der Waals surface area contributed by atoms with Crippen LogP contribution in [0.25, 0.3) is 0 Å². The molecule has 1 nitrogen and oxygen atoms in total. The van der Waals surface area contributed by atoms with Crippen LogP contribution in [0.3, 0.4) is 0 Å². The molecule has 0 aliphatic rings. The zero-order valence-electron chi connectivity index (χ0n) is 4.36. The molecule has 0 aromatic carbocycles. The molecule has 0 saturated carbocycles. The van der Waals surface area contributed by atoms with E-state index in [-0.39, 0.29) is 5.78 Å². The average molecular weight is 119 g/mol. The number of carbonyl (C=O) groups is 1. The zero-order valence-corrected chi connectivity index (χ0v) is 5.12. The molecule has 2 heteroatoms. The number of allylic oxidation sites excluding steroid dienone is 1. The highest BCUT2D eigenvalue weighted by Gasteiger charge is 1.90. The molecule has 0 unspecified atom stereocenters. The highest BCUT2D eigenvalue weighted by molar-refractivity contribution is 6.27. The Balaban J connectivity index is 3.82. The van der Waals surface area contributed by atoms with E-state index in [4.69, 9.17) is 11.6 Å². The normalized spacial score (nSPS) is 11.6.